The van der Waals surface area contributed by atoms with E-state index in [9.17, 15) is 14.7 Å². The van der Waals surface area contributed by atoms with Crippen LogP contribution in [0.25, 0.3) is 0 Å². The first-order valence-corrected chi connectivity index (χ1v) is 8.61. The van der Waals surface area contributed by atoms with Gasteiger partial charge in [0.1, 0.15) is 0 Å². The maximum Gasteiger partial charge on any atom is 0.308 e. The molecule has 7 nitrogen and oxygen atoms in total. The average molecular weight is 342 g/mol. The molecule has 0 unspecified atom stereocenters. The van der Waals surface area contributed by atoms with Crippen molar-refractivity contribution in [3.8, 4) is 0 Å². The first kappa shape index (κ1) is 17.1. The number of nitrogens with one attached hydrogen (secondary N) is 1. The van der Waals surface area contributed by atoms with Crippen LogP contribution in [0.4, 0.5) is 0 Å². The molecule has 2 aromatic rings. The molecule has 1 saturated carbocycles. The van der Waals surface area contributed by atoms with Gasteiger partial charge in [-0.3, -0.25) is 9.59 Å². The van der Waals surface area contributed by atoms with Gasteiger partial charge in [0.2, 0.25) is 0 Å². The van der Waals surface area contributed by atoms with Crippen LogP contribution in [0.1, 0.15) is 48.2 Å². The van der Waals surface area contributed by atoms with Crippen molar-refractivity contribution in [2.24, 2.45) is 5.92 Å². The lowest BCUT2D eigenvalue weighted by atomic mass is 9.95. The highest BCUT2D eigenvalue weighted by molar-refractivity contribution is 5.92. The summed E-state index contributed by atoms with van der Waals surface area (Å²) in [5, 5.41) is 20.2. The molecule has 1 aliphatic rings. The van der Waals surface area contributed by atoms with Gasteiger partial charge in [0.25, 0.3) is 5.91 Å². The number of benzene rings is 1. The highest BCUT2D eigenvalue weighted by Gasteiger charge is 2.31. The van der Waals surface area contributed by atoms with Crippen molar-refractivity contribution in [1.29, 1.82) is 0 Å². The zero-order valence-electron chi connectivity index (χ0n) is 14.0. The molecule has 0 spiro atoms. The number of carbonyl (C=O) groups excluding carboxylic acids is 1. The Labute approximate surface area is 146 Å². The Morgan fingerprint density at radius 3 is 2.68 bits per heavy atom. The number of hydrogen-bond donors (Lipinski definition) is 2. The molecular formula is C18H22N4O3. The van der Waals surface area contributed by atoms with Gasteiger partial charge < -0.3 is 10.4 Å². The van der Waals surface area contributed by atoms with E-state index in [2.05, 4.69) is 15.6 Å². The minimum absolute atomic E-state index is 0.212. The van der Waals surface area contributed by atoms with Crippen LogP contribution < -0.4 is 5.32 Å². The molecule has 25 heavy (non-hydrogen) atoms. The topological polar surface area (TPSA) is 97.1 Å². The van der Waals surface area contributed by atoms with Crippen molar-refractivity contribution >= 4 is 11.9 Å². The van der Waals surface area contributed by atoms with E-state index in [0.29, 0.717) is 19.4 Å². The van der Waals surface area contributed by atoms with E-state index in [4.69, 9.17) is 0 Å². The van der Waals surface area contributed by atoms with E-state index < -0.39 is 11.9 Å². The zero-order chi connectivity index (χ0) is 17.6. The minimum atomic E-state index is -0.847. The summed E-state index contributed by atoms with van der Waals surface area (Å²) in [4.78, 5) is 23.9. The van der Waals surface area contributed by atoms with Crippen LogP contribution in [-0.2, 0) is 11.3 Å². The summed E-state index contributed by atoms with van der Waals surface area (Å²) in [5.74, 6) is -1.75. The molecule has 1 aromatic heterocycles. The third-order valence-electron chi connectivity index (χ3n) is 4.61. The standard InChI is InChI=1S/C18H22N4O3/c23-17(19-15-10-6-2-5-9-14(15)18(24)25)16-12-22(21-20-16)11-13-7-3-1-4-8-13/h1,3-4,7-8,12,14-15H,2,5-6,9-11H2,(H,19,23)(H,24,25)/t14-,15+/m1/s1. The number of carboxylic acids is 1. The number of hydrogen-bond acceptors (Lipinski definition) is 4. The lowest BCUT2D eigenvalue weighted by molar-refractivity contribution is -0.142. The van der Waals surface area contributed by atoms with Crippen LogP contribution in [-0.4, -0.2) is 38.0 Å². The zero-order valence-corrected chi connectivity index (χ0v) is 14.0. The lowest BCUT2D eigenvalue weighted by Crippen LogP contribution is -2.43. The first-order valence-electron chi connectivity index (χ1n) is 8.61. The third-order valence-corrected chi connectivity index (χ3v) is 4.61. The molecule has 0 saturated heterocycles. The fourth-order valence-electron chi connectivity index (χ4n) is 3.27. The second-order valence-electron chi connectivity index (χ2n) is 6.45. The van der Waals surface area contributed by atoms with E-state index in [1.807, 2.05) is 30.3 Å². The van der Waals surface area contributed by atoms with Crippen LogP contribution in [0.5, 0.6) is 0 Å². The Morgan fingerprint density at radius 2 is 1.92 bits per heavy atom. The van der Waals surface area contributed by atoms with Gasteiger partial charge >= 0.3 is 5.97 Å². The van der Waals surface area contributed by atoms with Crippen molar-refractivity contribution in [2.75, 3.05) is 0 Å². The molecule has 0 bridgehead atoms. The molecular weight excluding hydrogens is 320 g/mol. The number of aliphatic carboxylic acids is 1. The Kier molecular flexibility index (Phi) is 5.42. The maximum atomic E-state index is 12.4. The van der Waals surface area contributed by atoms with Crippen LogP contribution in [0.3, 0.4) is 0 Å². The van der Waals surface area contributed by atoms with Gasteiger partial charge in [-0.05, 0) is 18.4 Å². The molecule has 1 heterocycles. The Hall–Kier alpha value is -2.70. The van der Waals surface area contributed by atoms with Crippen LogP contribution in [0.2, 0.25) is 0 Å². The third kappa shape index (κ3) is 4.43. The Morgan fingerprint density at radius 1 is 1.16 bits per heavy atom. The summed E-state index contributed by atoms with van der Waals surface area (Å²) in [6.45, 7) is 0.530. The summed E-state index contributed by atoms with van der Waals surface area (Å²) in [7, 11) is 0. The van der Waals surface area contributed by atoms with Gasteiger partial charge in [-0.2, -0.15) is 0 Å². The smallest absolute Gasteiger partial charge is 0.308 e. The molecule has 132 valence electrons. The lowest BCUT2D eigenvalue weighted by Gasteiger charge is -2.22. The predicted molar refractivity (Wildman–Crippen MR) is 91.0 cm³/mol. The molecule has 1 fully saturated rings. The van der Waals surface area contributed by atoms with Crippen molar-refractivity contribution in [3.63, 3.8) is 0 Å². The maximum absolute atomic E-state index is 12.4. The first-order chi connectivity index (χ1) is 12.1. The van der Waals surface area contributed by atoms with Crippen LogP contribution >= 0.6 is 0 Å². The van der Waals surface area contributed by atoms with E-state index in [0.717, 1.165) is 24.8 Å². The Balaban J connectivity index is 1.65. The monoisotopic (exact) mass is 342 g/mol. The van der Waals surface area contributed by atoms with E-state index in [-0.39, 0.29) is 17.6 Å². The molecule has 0 aliphatic heterocycles. The van der Waals surface area contributed by atoms with E-state index in [1.165, 1.54) is 0 Å². The van der Waals surface area contributed by atoms with Gasteiger partial charge in [0.05, 0.1) is 18.7 Å². The number of nitrogens with zero attached hydrogens (tertiary/aromatic N) is 3. The van der Waals surface area contributed by atoms with Gasteiger partial charge in [-0.25, -0.2) is 4.68 Å². The minimum Gasteiger partial charge on any atom is -0.481 e. The summed E-state index contributed by atoms with van der Waals surface area (Å²) in [6.07, 6.45) is 5.69. The van der Waals surface area contributed by atoms with Gasteiger partial charge in [0, 0.05) is 6.04 Å². The van der Waals surface area contributed by atoms with Crippen LogP contribution in [0.15, 0.2) is 36.5 Å². The summed E-state index contributed by atoms with van der Waals surface area (Å²) in [5.41, 5.74) is 1.28. The highest BCUT2D eigenvalue weighted by Crippen LogP contribution is 2.24. The summed E-state index contributed by atoms with van der Waals surface area (Å²) >= 11 is 0. The molecule has 1 amide bonds. The molecule has 2 atom stereocenters. The largest absolute Gasteiger partial charge is 0.481 e. The quantitative estimate of drug-likeness (QED) is 0.811. The van der Waals surface area contributed by atoms with Gasteiger partial charge in [0.15, 0.2) is 5.69 Å². The van der Waals surface area contributed by atoms with Crippen molar-refractivity contribution in [2.45, 2.75) is 44.7 Å². The molecule has 7 heteroatoms. The molecule has 2 N–H and O–H groups in total. The normalized spacial score (nSPS) is 20.6. The number of carbonyl (C=O) groups is 2. The number of carboxylic acid groups (broad SMARTS) is 1. The van der Waals surface area contributed by atoms with Gasteiger partial charge in [-0.1, -0.05) is 54.8 Å². The molecule has 0 radical (unpaired) electrons. The van der Waals surface area contributed by atoms with E-state index in [1.54, 1.807) is 10.9 Å². The Bertz CT molecular complexity index is 729. The fraction of sp³-hybridized carbons (Fsp3) is 0.444. The molecule has 3 rings (SSSR count). The predicted octanol–water partition coefficient (Wildman–Crippen LogP) is 2.09. The fourth-order valence-corrected chi connectivity index (χ4v) is 3.27. The van der Waals surface area contributed by atoms with Gasteiger partial charge in [-0.15, -0.1) is 5.10 Å². The SMILES string of the molecule is O=C(N[C@H]1CCCCC[C@H]1C(=O)O)c1cn(Cc2ccccc2)nn1. The molecule has 1 aromatic carbocycles. The number of aromatic nitrogens is 3. The highest BCUT2D eigenvalue weighted by atomic mass is 16.4. The van der Waals surface area contributed by atoms with Crippen molar-refractivity contribution < 1.29 is 14.7 Å². The molecule has 1 aliphatic carbocycles. The van der Waals surface area contributed by atoms with Crippen molar-refractivity contribution in [1.82, 2.24) is 20.3 Å². The average Bonchev–Trinajstić information content (AvgIpc) is 2.94. The second kappa shape index (κ2) is 7.92. The summed E-state index contributed by atoms with van der Waals surface area (Å²) in [6, 6.07) is 9.42. The number of amides is 1. The van der Waals surface area contributed by atoms with Crippen LogP contribution in [0, 0.1) is 5.92 Å². The summed E-state index contributed by atoms with van der Waals surface area (Å²) < 4.78 is 1.60. The number of rotatable bonds is 5. The van der Waals surface area contributed by atoms with Crippen molar-refractivity contribution in [3.05, 3.63) is 47.8 Å². The second-order valence-corrected chi connectivity index (χ2v) is 6.45. The van der Waals surface area contributed by atoms with E-state index >= 15 is 0 Å².